The van der Waals surface area contributed by atoms with Gasteiger partial charge in [-0.25, -0.2) is 4.39 Å². The molecule has 0 spiro atoms. The molecular weight excluding hydrogens is 800 g/mol. The summed E-state index contributed by atoms with van der Waals surface area (Å²) in [4.78, 5) is 18.2. The van der Waals surface area contributed by atoms with Crippen molar-refractivity contribution in [2.24, 2.45) is 34.6 Å². The molecule has 3 rings (SSSR count). The first-order chi connectivity index (χ1) is 30.9. The number of carbonyl (C=O) groups is 1. The molecule has 0 bridgehead atoms. The summed E-state index contributed by atoms with van der Waals surface area (Å²) in [6, 6.07) is 6.32. The van der Waals surface area contributed by atoms with Crippen molar-refractivity contribution in [3.05, 3.63) is 101 Å². The zero-order valence-corrected chi connectivity index (χ0v) is 46.6. The van der Waals surface area contributed by atoms with Crippen LogP contribution in [0.3, 0.4) is 0 Å². The first kappa shape index (κ1) is 68.3. The third-order valence-electron chi connectivity index (χ3n) is 11.4. The molecule has 1 aromatic carbocycles. The lowest BCUT2D eigenvalue weighted by Gasteiger charge is -2.36. The lowest BCUT2D eigenvalue weighted by atomic mass is 9.66. The molecule has 1 atom stereocenters. The summed E-state index contributed by atoms with van der Waals surface area (Å²) in [5, 5.41) is 3.08. The fourth-order valence-electron chi connectivity index (χ4n) is 7.70. The van der Waals surface area contributed by atoms with Gasteiger partial charge in [-0.05, 0) is 117 Å². The van der Waals surface area contributed by atoms with Crippen LogP contribution in [-0.2, 0) is 14.9 Å². The van der Waals surface area contributed by atoms with Gasteiger partial charge in [0.15, 0.2) is 0 Å². The Kier molecular flexibility index (Phi) is 44.2. The van der Waals surface area contributed by atoms with Gasteiger partial charge in [-0.3, -0.25) is 9.79 Å². The Morgan fingerprint density at radius 1 is 0.892 bits per heavy atom. The molecular formula is C60H107FN2O2. The van der Waals surface area contributed by atoms with Crippen molar-refractivity contribution >= 4 is 17.6 Å². The number of halogens is 1. The maximum absolute atomic E-state index is 14.1. The second-order valence-electron chi connectivity index (χ2n) is 17.8. The summed E-state index contributed by atoms with van der Waals surface area (Å²) < 4.78 is 19.2. The Morgan fingerprint density at radius 2 is 1.42 bits per heavy atom. The largest absolute Gasteiger partial charge is 0.381 e. The molecule has 376 valence electrons. The molecule has 1 saturated heterocycles. The minimum absolute atomic E-state index is 0.0259. The van der Waals surface area contributed by atoms with Crippen LogP contribution in [0.15, 0.2) is 89.6 Å². The number of ketones is 1. The van der Waals surface area contributed by atoms with E-state index in [-0.39, 0.29) is 11.6 Å². The highest BCUT2D eigenvalue weighted by molar-refractivity contribution is 5.92. The molecule has 0 radical (unpaired) electrons. The molecule has 2 aliphatic rings. The Morgan fingerprint density at radius 3 is 1.75 bits per heavy atom. The number of ether oxygens (including phenoxy) is 1. The Bertz CT molecular complexity index is 1520. The van der Waals surface area contributed by atoms with E-state index in [1.165, 1.54) is 51.0 Å². The molecule has 1 aromatic rings. The number of aryl methyl sites for hydroxylation is 1. The highest BCUT2D eigenvalue weighted by Crippen LogP contribution is 2.40. The maximum Gasteiger partial charge on any atom is 0.146 e. The Hall–Kier alpha value is -3.31. The SMILES string of the molecule is C=C/C(F)=C(\C=C)N/C(C)=C(C)/C(=C\C(=C)c1ccc(C(CCC)(CCC)C(=O)C(C)C)c(C)c1)N=CCC.CC.CC.CCC.CCC.CCC(C)C1COC1.CCCC1CC(C)C1. The van der Waals surface area contributed by atoms with Crippen LogP contribution in [0.5, 0.6) is 0 Å². The molecule has 65 heavy (non-hydrogen) atoms. The summed E-state index contributed by atoms with van der Waals surface area (Å²) in [5.41, 5.74) is 6.14. The van der Waals surface area contributed by atoms with Gasteiger partial charge in [0.05, 0.1) is 30.0 Å². The van der Waals surface area contributed by atoms with Gasteiger partial charge in [-0.2, -0.15) is 0 Å². The van der Waals surface area contributed by atoms with Crippen LogP contribution in [0.4, 0.5) is 4.39 Å². The van der Waals surface area contributed by atoms with Crippen molar-refractivity contribution in [3.8, 4) is 0 Å². The van der Waals surface area contributed by atoms with Crippen LogP contribution in [0.1, 0.15) is 225 Å². The molecule has 1 heterocycles. The van der Waals surface area contributed by atoms with Gasteiger partial charge in [-0.15, -0.1) is 0 Å². The number of benzene rings is 1. The van der Waals surface area contributed by atoms with Crippen molar-refractivity contribution in [1.82, 2.24) is 5.32 Å². The number of allylic oxidation sites excluding steroid dienone is 7. The third kappa shape index (κ3) is 26.6. The van der Waals surface area contributed by atoms with E-state index in [2.05, 4.69) is 124 Å². The van der Waals surface area contributed by atoms with Crippen LogP contribution in [0.25, 0.3) is 5.57 Å². The van der Waals surface area contributed by atoms with Gasteiger partial charge < -0.3 is 10.1 Å². The molecule has 1 aliphatic heterocycles. The van der Waals surface area contributed by atoms with E-state index in [1.807, 2.05) is 74.6 Å². The van der Waals surface area contributed by atoms with Crippen LogP contribution in [-0.4, -0.2) is 25.2 Å². The third-order valence-corrected chi connectivity index (χ3v) is 11.4. The van der Waals surface area contributed by atoms with E-state index < -0.39 is 11.2 Å². The van der Waals surface area contributed by atoms with Crippen molar-refractivity contribution in [3.63, 3.8) is 0 Å². The Balaban J connectivity index is -0.000000572. The molecule has 0 aromatic heterocycles. The minimum atomic E-state index is -0.474. The van der Waals surface area contributed by atoms with Crippen LogP contribution >= 0.6 is 0 Å². The summed E-state index contributed by atoms with van der Waals surface area (Å²) in [6.45, 7) is 55.5. The average Bonchev–Trinajstić information content (AvgIpc) is 3.27. The summed E-state index contributed by atoms with van der Waals surface area (Å²) in [6.07, 6.45) is 20.4. The zero-order chi connectivity index (χ0) is 51.1. The number of carbonyl (C=O) groups excluding carboxylic acids is 1. The van der Waals surface area contributed by atoms with Gasteiger partial charge in [0.2, 0.25) is 0 Å². The lowest BCUT2D eigenvalue weighted by molar-refractivity contribution is -0.128. The topological polar surface area (TPSA) is 50.7 Å². The molecule has 1 saturated carbocycles. The standard InChI is InChI=1S/C35H49FN2O.C8H16.C7H14O.2C3H8.2C2H6/c1-12-19-35(20-13-2,34(39)24(6)7)30-18-17-29(22-26(30)9)25(8)23-33(37-21-14-3)27(10)28(11)38-32(16-5)31(36)15-4;1-3-4-8-5-7(2)6-8;1-3-6(2)7-4-8-5-7;2*1-3-2;2*1-2/h15-18,21-24,38H,4-5,8,12-14,19-20H2,1-3,6-7,9-11H3;7-8H,3-6H2,1-2H3;6-7H,3-5H2,1-2H3;2*3H2,1-2H3;2*1-2H3/b28-27+,32-31-,33-23+,37-21?;;;;;;. The first-order valence-corrected chi connectivity index (χ1v) is 26.2. The van der Waals surface area contributed by atoms with Crippen LogP contribution in [0.2, 0.25) is 0 Å². The second kappa shape index (κ2) is 42.1. The normalized spacial score (nSPS) is 16.6. The highest BCUT2D eigenvalue weighted by atomic mass is 19.1. The summed E-state index contributed by atoms with van der Waals surface area (Å²) in [7, 11) is 0. The van der Waals surface area contributed by atoms with E-state index in [0.29, 0.717) is 5.78 Å². The van der Waals surface area contributed by atoms with E-state index in [9.17, 15) is 9.18 Å². The number of rotatable bonds is 20. The Labute approximate surface area is 405 Å². The monoisotopic (exact) mass is 907 g/mol. The molecule has 4 nitrogen and oxygen atoms in total. The highest BCUT2D eigenvalue weighted by Gasteiger charge is 2.40. The van der Waals surface area contributed by atoms with Crippen molar-refractivity contribution in [2.75, 3.05) is 13.2 Å². The molecule has 1 aliphatic carbocycles. The fourth-order valence-corrected chi connectivity index (χ4v) is 7.70. The van der Waals surface area contributed by atoms with Gasteiger partial charge >= 0.3 is 0 Å². The quantitative estimate of drug-likeness (QED) is 0.105. The van der Waals surface area contributed by atoms with Gasteiger partial charge in [0, 0.05) is 23.7 Å². The van der Waals surface area contributed by atoms with Crippen molar-refractivity contribution in [2.45, 2.75) is 221 Å². The number of Topliss-reactive ketones (excluding diaryl/α,β-unsaturated/α-hetero) is 1. The zero-order valence-electron chi connectivity index (χ0n) is 46.6. The number of nitrogens with one attached hydrogen (secondary N) is 1. The van der Waals surface area contributed by atoms with Crippen molar-refractivity contribution in [1.29, 1.82) is 0 Å². The van der Waals surface area contributed by atoms with Gasteiger partial charge in [0.1, 0.15) is 11.6 Å². The van der Waals surface area contributed by atoms with E-state index in [0.717, 1.165) is 114 Å². The van der Waals surface area contributed by atoms with Crippen LogP contribution < -0.4 is 5.32 Å². The maximum atomic E-state index is 14.1. The number of hydrogen-bond donors (Lipinski definition) is 1. The summed E-state index contributed by atoms with van der Waals surface area (Å²) >= 11 is 0. The molecule has 1 unspecified atom stereocenters. The minimum Gasteiger partial charge on any atom is -0.381 e. The van der Waals surface area contributed by atoms with Crippen molar-refractivity contribution < 1.29 is 13.9 Å². The fraction of sp³-hybridized carbons (Fsp3) is 0.667. The van der Waals surface area contributed by atoms with Crippen LogP contribution in [0, 0.1) is 36.5 Å². The number of aliphatic imine (C=N–C) groups is 1. The van der Waals surface area contributed by atoms with Gasteiger partial charge in [-0.1, -0.05) is 201 Å². The smallest absolute Gasteiger partial charge is 0.146 e. The predicted molar refractivity (Wildman–Crippen MR) is 294 cm³/mol. The molecule has 1 N–H and O–H groups in total. The van der Waals surface area contributed by atoms with E-state index >= 15 is 0 Å². The predicted octanol–water partition coefficient (Wildman–Crippen LogP) is 19.3. The average molecular weight is 908 g/mol. The van der Waals surface area contributed by atoms with E-state index in [1.54, 1.807) is 0 Å². The lowest BCUT2D eigenvalue weighted by Crippen LogP contribution is -2.39. The molecule has 5 heteroatoms. The number of hydrogen-bond acceptors (Lipinski definition) is 4. The van der Waals surface area contributed by atoms with Gasteiger partial charge in [0.25, 0.3) is 0 Å². The molecule has 0 amide bonds. The first-order valence-electron chi connectivity index (χ1n) is 26.2. The second-order valence-corrected chi connectivity index (χ2v) is 17.8. The summed E-state index contributed by atoms with van der Waals surface area (Å²) in [5.74, 6) is 3.73. The number of nitrogens with zero attached hydrogens (tertiary/aromatic N) is 1. The molecule has 2 fully saturated rings. The van der Waals surface area contributed by atoms with E-state index in [4.69, 9.17) is 4.74 Å².